The topological polar surface area (TPSA) is 76.7 Å². The molecule has 8 heteroatoms. The normalized spacial score (nSPS) is 10.4. The molecular formula is C25H26N2O4S2. The van der Waals surface area contributed by atoms with Gasteiger partial charge in [-0.1, -0.05) is 30.3 Å². The lowest BCUT2D eigenvalue weighted by atomic mass is 10.2. The van der Waals surface area contributed by atoms with Gasteiger partial charge in [0.15, 0.2) is 0 Å². The van der Waals surface area contributed by atoms with Gasteiger partial charge < -0.3 is 9.47 Å². The second-order valence-electron chi connectivity index (χ2n) is 7.13. The summed E-state index contributed by atoms with van der Waals surface area (Å²) in [5, 5.41) is 5.41. The smallest absolute Gasteiger partial charge is 0.411 e. The Kier molecular flexibility index (Phi) is 9.09. The molecule has 0 saturated carbocycles. The molecular weight excluding hydrogens is 456 g/mol. The third-order valence-corrected chi connectivity index (χ3v) is 6.27. The van der Waals surface area contributed by atoms with E-state index >= 15 is 0 Å². The molecule has 0 aliphatic carbocycles. The van der Waals surface area contributed by atoms with Crippen LogP contribution in [0.4, 0.5) is 21.0 Å². The molecule has 0 atom stereocenters. The molecule has 3 aromatic rings. The highest BCUT2D eigenvalue weighted by Gasteiger charge is 2.10. The van der Waals surface area contributed by atoms with Crippen LogP contribution in [0.5, 0.6) is 0 Å². The minimum atomic E-state index is -0.574. The Hall–Kier alpha value is -3.10. The van der Waals surface area contributed by atoms with Crippen molar-refractivity contribution in [2.75, 3.05) is 23.1 Å². The molecule has 2 amide bonds. The van der Waals surface area contributed by atoms with Gasteiger partial charge in [-0.05, 0) is 72.5 Å². The summed E-state index contributed by atoms with van der Waals surface area (Å²) in [5.41, 5.74) is 3.69. The Morgan fingerprint density at radius 2 is 1.21 bits per heavy atom. The largest absolute Gasteiger partial charge is 0.444 e. The number of hydrogen-bond donors (Lipinski definition) is 2. The first-order valence-electron chi connectivity index (χ1n) is 10.2. The number of thioether (sulfide) groups is 2. The van der Waals surface area contributed by atoms with Crippen LogP contribution in [0, 0.1) is 6.92 Å². The van der Waals surface area contributed by atoms with E-state index in [0.29, 0.717) is 11.4 Å². The van der Waals surface area contributed by atoms with Crippen molar-refractivity contribution in [2.45, 2.75) is 29.9 Å². The van der Waals surface area contributed by atoms with Gasteiger partial charge in [-0.15, -0.1) is 23.5 Å². The van der Waals surface area contributed by atoms with Crippen LogP contribution in [0.15, 0.2) is 76.5 Å². The molecule has 3 aromatic carbocycles. The quantitative estimate of drug-likeness (QED) is 0.339. The van der Waals surface area contributed by atoms with Crippen molar-refractivity contribution in [3.63, 3.8) is 0 Å². The van der Waals surface area contributed by atoms with E-state index in [0.717, 1.165) is 26.5 Å². The maximum Gasteiger partial charge on any atom is 0.411 e. The zero-order valence-electron chi connectivity index (χ0n) is 18.7. The summed E-state index contributed by atoms with van der Waals surface area (Å²) in [6, 6.07) is 20.9. The lowest BCUT2D eigenvalue weighted by Crippen LogP contribution is -2.16. The van der Waals surface area contributed by atoms with Gasteiger partial charge in [0.25, 0.3) is 0 Å². The molecule has 6 nitrogen and oxygen atoms in total. The Morgan fingerprint density at radius 1 is 0.727 bits per heavy atom. The van der Waals surface area contributed by atoms with Gasteiger partial charge in [0.1, 0.15) is 13.2 Å². The molecule has 0 heterocycles. The molecule has 0 aliphatic rings. The monoisotopic (exact) mass is 482 g/mol. The first kappa shape index (κ1) is 24.5. The number of rotatable bonds is 8. The van der Waals surface area contributed by atoms with E-state index in [-0.39, 0.29) is 13.2 Å². The first-order valence-corrected chi connectivity index (χ1v) is 12.7. The SMILES string of the molecule is CSc1ccc(COC(=O)Nc2ccc(C)c(NC(=O)OCc3ccc(SC)cc3)c2)cc1. The molecule has 0 aromatic heterocycles. The average Bonchev–Trinajstić information content (AvgIpc) is 2.84. The number of benzene rings is 3. The summed E-state index contributed by atoms with van der Waals surface area (Å²) in [7, 11) is 0. The second kappa shape index (κ2) is 12.2. The number of hydrogen-bond acceptors (Lipinski definition) is 6. The summed E-state index contributed by atoms with van der Waals surface area (Å²) in [6.45, 7) is 2.19. The van der Waals surface area contributed by atoms with Gasteiger partial charge in [0, 0.05) is 21.2 Å². The molecule has 2 N–H and O–H groups in total. The zero-order chi connectivity index (χ0) is 23.6. The first-order chi connectivity index (χ1) is 16.0. The molecule has 0 aliphatic heterocycles. The van der Waals surface area contributed by atoms with E-state index in [4.69, 9.17) is 9.47 Å². The van der Waals surface area contributed by atoms with Crippen molar-refractivity contribution in [2.24, 2.45) is 0 Å². The van der Waals surface area contributed by atoms with Crippen LogP contribution in [-0.4, -0.2) is 24.7 Å². The summed E-state index contributed by atoms with van der Waals surface area (Å²) in [4.78, 5) is 26.7. The summed E-state index contributed by atoms with van der Waals surface area (Å²) < 4.78 is 10.6. The Morgan fingerprint density at radius 3 is 1.70 bits per heavy atom. The fraction of sp³-hybridized carbons (Fsp3) is 0.200. The highest BCUT2D eigenvalue weighted by Crippen LogP contribution is 2.22. The highest BCUT2D eigenvalue weighted by molar-refractivity contribution is 7.98. The van der Waals surface area contributed by atoms with E-state index in [2.05, 4.69) is 10.6 Å². The van der Waals surface area contributed by atoms with E-state index < -0.39 is 12.2 Å². The zero-order valence-corrected chi connectivity index (χ0v) is 20.3. The van der Waals surface area contributed by atoms with Gasteiger partial charge in [-0.3, -0.25) is 10.6 Å². The fourth-order valence-corrected chi connectivity index (χ4v) is 3.69. The Labute approximate surface area is 202 Å². The fourth-order valence-electron chi connectivity index (χ4n) is 2.88. The highest BCUT2D eigenvalue weighted by atomic mass is 32.2. The van der Waals surface area contributed by atoms with Gasteiger partial charge in [-0.25, -0.2) is 9.59 Å². The lowest BCUT2D eigenvalue weighted by molar-refractivity contribution is 0.154. The molecule has 172 valence electrons. The number of carbonyl (C=O) groups is 2. The predicted octanol–water partition coefficient (Wildman–Crippen LogP) is 6.94. The third kappa shape index (κ3) is 7.76. The molecule has 0 fully saturated rings. The van der Waals surface area contributed by atoms with Gasteiger partial charge in [0.05, 0.1) is 0 Å². The molecule has 0 bridgehead atoms. The van der Waals surface area contributed by atoms with Crippen molar-refractivity contribution in [1.29, 1.82) is 0 Å². The Bertz CT molecular complexity index is 1090. The molecule has 3 rings (SSSR count). The molecule has 0 radical (unpaired) electrons. The standard InChI is InChI=1S/C25H26N2O4S2/c1-17-4-9-20(26-24(28)30-15-18-5-10-21(32-2)11-6-18)14-23(17)27-25(29)31-16-19-7-12-22(33-3)13-8-19/h4-14H,15-16H2,1-3H3,(H,26,28)(H,27,29). The average molecular weight is 483 g/mol. The van der Waals surface area contributed by atoms with Gasteiger partial charge in [0.2, 0.25) is 0 Å². The minimum absolute atomic E-state index is 0.168. The van der Waals surface area contributed by atoms with Crippen LogP contribution in [0.3, 0.4) is 0 Å². The summed E-state index contributed by atoms with van der Waals surface area (Å²) >= 11 is 3.31. The van der Waals surface area contributed by atoms with E-state index in [1.165, 1.54) is 0 Å². The molecule has 33 heavy (non-hydrogen) atoms. The van der Waals surface area contributed by atoms with Gasteiger partial charge in [-0.2, -0.15) is 0 Å². The number of anilines is 2. The number of aryl methyl sites for hydroxylation is 1. The van der Waals surface area contributed by atoms with Crippen LogP contribution in [0.1, 0.15) is 16.7 Å². The van der Waals surface area contributed by atoms with Crippen molar-refractivity contribution in [3.05, 3.63) is 83.4 Å². The number of carbonyl (C=O) groups excluding carboxylic acids is 2. The van der Waals surface area contributed by atoms with E-state index in [1.807, 2.05) is 68.0 Å². The summed E-state index contributed by atoms with van der Waals surface area (Å²) in [5.74, 6) is 0. The predicted molar refractivity (Wildman–Crippen MR) is 135 cm³/mol. The Balaban J connectivity index is 1.51. The van der Waals surface area contributed by atoms with Crippen LogP contribution in [0.2, 0.25) is 0 Å². The van der Waals surface area contributed by atoms with Crippen LogP contribution in [-0.2, 0) is 22.7 Å². The maximum absolute atomic E-state index is 12.2. The van der Waals surface area contributed by atoms with E-state index in [9.17, 15) is 9.59 Å². The van der Waals surface area contributed by atoms with Crippen molar-refractivity contribution < 1.29 is 19.1 Å². The van der Waals surface area contributed by atoms with E-state index in [1.54, 1.807) is 41.7 Å². The lowest BCUT2D eigenvalue weighted by Gasteiger charge is -2.12. The van der Waals surface area contributed by atoms with Gasteiger partial charge >= 0.3 is 12.2 Å². The summed E-state index contributed by atoms with van der Waals surface area (Å²) in [6.07, 6.45) is 2.87. The molecule has 0 spiro atoms. The minimum Gasteiger partial charge on any atom is -0.444 e. The number of ether oxygens (including phenoxy) is 2. The third-order valence-electron chi connectivity index (χ3n) is 4.78. The molecule has 0 saturated heterocycles. The van der Waals surface area contributed by atoms with Crippen molar-refractivity contribution in [3.8, 4) is 0 Å². The number of nitrogens with one attached hydrogen (secondary N) is 2. The van der Waals surface area contributed by atoms with Crippen molar-refractivity contribution in [1.82, 2.24) is 0 Å². The van der Waals surface area contributed by atoms with Crippen LogP contribution >= 0.6 is 23.5 Å². The molecule has 0 unspecified atom stereocenters. The number of amides is 2. The van der Waals surface area contributed by atoms with Crippen LogP contribution < -0.4 is 10.6 Å². The maximum atomic E-state index is 12.2. The second-order valence-corrected chi connectivity index (χ2v) is 8.89. The van der Waals surface area contributed by atoms with Crippen LogP contribution in [0.25, 0.3) is 0 Å². The van der Waals surface area contributed by atoms with Crippen molar-refractivity contribution >= 4 is 47.1 Å².